The van der Waals surface area contributed by atoms with Crippen LogP contribution in [0.4, 0.5) is 4.39 Å². The van der Waals surface area contributed by atoms with Gasteiger partial charge in [0.2, 0.25) is 0 Å². The monoisotopic (exact) mass is 346 g/mol. The lowest BCUT2D eigenvalue weighted by atomic mass is 10.0. The summed E-state index contributed by atoms with van der Waals surface area (Å²) < 4.78 is 15.0. The van der Waals surface area contributed by atoms with Gasteiger partial charge in [-0.05, 0) is 25.1 Å². The topological polar surface area (TPSA) is 29.3 Å². The summed E-state index contributed by atoms with van der Waals surface area (Å²) in [7, 11) is 0. The molecule has 0 radical (unpaired) electrons. The van der Waals surface area contributed by atoms with Gasteiger partial charge in [0.15, 0.2) is 0 Å². The van der Waals surface area contributed by atoms with Crippen LogP contribution in [-0.4, -0.2) is 35.0 Å². The molecule has 0 amide bonds. The summed E-state index contributed by atoms with van der Waals surface area (Å²) in [4.78, 5) is 2.34. The minimum Gasteiger partial charge on any atom is -0.329 e. The van der Waals surface area contributed by atoms with Crippen LogP contribution in [0.2, 0.25) is 0 Å². The van der Waals surface area contributed by atoms with E-state index in [4.69, 9.17) is 5.73 Å². The second-order valence-electron chi connectivity index (χ2n) is 4.97. The third-order valence-corrected chi connectivity index (χ3v) is 5.70. The quantitative estimate of drug-likeness (QED) is 0.909. The van der Waals surface area contributed by atoms with Crippen molar-refractivity contribution in [3.8, 4) is 0 Å². The van der Waals surface area contributed by atoms with Gasteiger partial charge in [-0.3, -0.25) is 4.90 Å². The molecule has 2 nitrogen and oxygen atoms in total. The van der Waals surface area contributed by atoms with Crippen molar-refractivity contribution in [2.75, 3.05) is 18.8 Å². The molecule has 0 bridgehead atoms. The molecule has 1 aromatic rings. The van der Waals surface area contributed by atoms with Crippen LogP contribution < -0.4 is 5.73 Å². The van der Waals surface area contributed by atoms with Crippen LogP contribution in [0.25, 0.3) is 0 Å². The van der Waals surface area contributed by atoms with Gasteiger partial charge in [0.1, 0.15) is 5.82 Å². The molecule has 106 valence electrons. The molecule has 19 heavy (non-hydrogen) atoms. The van der Waals surface area contributed by atoms with Crippen molar-refractivity contribution < 1.29 is 4.39 Å². The van der Waals surface area contributed by atoms with Gasteiger partial charge in [-0.1, -0.05) is 22.9 Å². The van der Waals surface area contributed by atoms with Crippen molar-refractivity contribution in [1.82, 2.24) is 4.90 Å². The van der Waals surface area contributed by atoms with Crippen molar-refractivity contribution in [3.63, 3.8) is 0 Å². The van der Waals surface area contributed by atoms with Gasteiger partial charge in [0.25, 0.3) is 0 Å². The fourth-order valence-corrected chi connectivity index (χ4v) is 4.11. The molecule has 2 N–H and O–H groups in total. The SMILES string of the molecule is CC1SCCN(C(CN)c2cc(Br)ccc2F)C1C. The lowest BCUT2D eigenvalue weighted by Gasteiger charge is -2.42. The molecule has 1 saturated heterocycles. The second kappa shape index (κ2) is 6.57. The molecule has 0 spiro atoms. The molecule has 0 saturated carbocycles. The zero-order valence-electron chi connectivity index (χ0n) is 11.3. The first-order valence-electron chi connectivity index (χ1n) is 6.57. The van der Waals surface area contributed by atoms with E-state index >= 15 is 0 Å². The normalized spacial score (nSPS) is 26.4. The van der Waals surface area contributed by atoms with Crippen LogP contribution in [0.3, 0.4) is 0 Å². The van der Waals surface area contributed by atoms with E-state index in [-0.39, 0.29) is 11.9 Å². The highest BCUT2D eigenvalue weighted by Crippen LogP contribution is 2.33. The zero-order valence-corrected chi connectivity index (χ0v) is 13.7. The maximum atomic E-state index is 14.1. The van der Waals surface area contributed by atoms with Crippen molar-refractivity contribution in [1.29, 1.82) is 0 Å². The van der Waals surface area contributed by atoms with Gasteiger partial charge in [0.05, 0.1) is 6.04 Å². The van der Waals surface area contributed by atoms with Crippen LogP contribution in [-0.2, 0) is 0 Å². The average molecular weight is 347 g/mol. The van der Waals surface area contributed by atoms with E-state index in [0.717, 1.165) is 16.8 Å². The van der Waals surface area contributed by atoms with Crippen molar-refractivity contribution in [2.45, 2.75) is 31.2 Å². The fourth-order valence-electron chi connectivity index (χ4n) is 2.61. The summed E-state index contributed by atoms with van der Waals surface area (Å²) in [5.41, 5.74) is 6.63. The van der Waals surface area contributed by atoms with E-state index in [0.29, 0.717) is 23.4 Å². The van der Waals surface area contributed by atoms with E-state index in [1.54, 1.807) is 6.07 Å². The molecule has 1 aliphatic rings. The number of rotatable bonds is 3. The molecule has 1 aliphatic heterocycles. The van der Waals surface area contributed by atoms with Gasteiger partial charge in [-0.25, -0.2) is 4.39 Å². The first-order valence-corrected chi connectivity index (χ1v) is 8.41. The van der Waals surface area contributed by atoms with Gasteiger partial charge in [0, 0.05) is 40.2 Å². The highest BCUT2D eigenvalue weighted by atomic mass is 79.9. The number of halogens is 2. The number of benzene rings is 1. The van der Waals surface area contributed by atoms with Crippen LogP contribution in [0.5, 0.6) is 0 Å². The summed E-state index contributed by atoms with van der Waals surface area (Å²) in [5.74, 6) is 0.911. The maximum absolute atomic E-state index is 14.1. The molecule has 3 atom stereocenters. The van der Waals surface area contributed by atoms with Crippen molar-refractivity contribution in [3.05, 3.63) is 34.1 Å². The number of nitrogens with two attached hydrogens (primary N) is 1. The largest absolute Gasteiger partial charge is 0.329 e. The number of nitrogens with zero attached hydrogens (tertiary/aromatic N) is 1. The zero-order chi connectivity index (χ0) is 14.0. The Balaban J connectivity index is 2.30. The molecule has 5 heteroatoms. The Morgan fingerprint density at radius 3 is 2.95 bits per heavy atom. The molecule has 1 aromatic carbocycles. The average Bonchev–Trinajstić information content (AvgIpc) is 2.39. The standard InChI is InChI=1S/C14H20BrFN2S/c1-9-10(2)19-6-5-18(9)14(8-17)12-7-11(15)3-4-13(12)16/h3-4,7,9-10,14H,5-6,8,17H2,1-2H3. The van der Waals surface area contributed by atoms with Crippen molar-refractivity contribution in [2.24, 2.45) is 5.73 Å². The molecule has 1 fully saturated rings. The number of thioether (sulfide) groups is 1. The summed E-state index contributed by atoms with van der Waals surface area (Å²) in [6.45, 7) is 5.83. The van der Waals surface area contributed by atoms with E-state index in [9.17, 15) is 4.39 Å². The van der Waals surface area contributed by atoms with Crippen LogP contribution in [0.1, 0.15) is 25.5 Å². The van der Waals surface area contributed by atoms with Gasteiger partial charge in [-0.15, -0.1) is 0 Å². The Hall–Kier alpha value is -0.100. The maximum Gasteiger partial charge on any atom is 0.128 e. The molecule has 2 rings (SSSR count). The third-order valence-electron chi connectivity index (χ3n) is 3.87. The van der Waals surface area contributed by atoms with Crippen LogP contribution in [0.15, 0.2) is 22.7 Å². The molecule has 0 aliphatic carbocycles. The molecular weight excluding hydrogens is 327 g/mol. The van der Waals surface area contributed by atoms with E-state index in [1.165, 1.54) is 6.07 Å². The molecular formula is C14H20BrFN2S. The first-order chi connectivity index (χ1) is 9.04. The Bertz CT molecular complexity index is 443. The lowest BCUT2D eigenvalue weighted by molar-refractivity contribution is 0.148. The predicted molar refractivity (Wildman–Crippen MR) is 84.0 cm³/mol. The molecule has 0 aromatic heterocycles. The fraction of sp³-hybridized carbons (Fsp3) is 0.571. The Kier molecular flexibility index (Phi) is 5.29. The van der Waals surface area contributed by atoms with Gasteiger partial charge < -0.3 is 5.73 Å². The molecule has 3 unspecified atom stereocenters. The summed E-state index contributed by atoms with van der Waals surface area (Å²) in [6.07, 6.45) is 0. The highest BCUT2D eigenvalue weighted by Gasteiger charge is 2.32. The lowest BCUT2D eigenvalue weighted by Crippen LogP contribution is -2.48. The first kappa shape index (κ1) is 15.3. The van der Waals surface area contributed by atoms with E-state index in [2.05, 4.69) is 34.7 Å². The van der Waals surface area contributed by atoms with E-state index in [1.807, 2.05) is 17.8 Å². The summed E-state index contributed by atoms with van der Waals surface area (Å²) in [5, 5.41) is 0.554. The second-order valence-corrected chi connectivity index (χ2v) is 7.37. The minimum absolute atomic E-state index is 0.0455. The number of hydrogen-bond acceptors (Lipinski definition) is 3. The smallest absolute Gasteiger partial charge is 0.128 e. The summed E-state index contributed by atoms with van der Waals surface area (Å²) in [6, 6.07) is 5.45. The summed E-state index contributed by atoms with van der Waals surface area (Å²) >= 11 is 5.39. The van der Waals surface area contributed by atoms with Crippen molar-refractivity contribution >= 4 is 27.7 Å². The third kappa shape index (κ3) is 3.32. The highest BCUT2D eigenvalue weighted by molar-refractivity contribution is 9.10. The Morgan fingerprint density at radius 2 is 2.26 bits per heavy atom. The van der Waals surface area contributed by atoms with Crippen LogP contribution in [0, 0.1) is 5.82 Å². The Morgan fingerprint density at radius 1 is 1.53 bits per heavy atom. The van der Waals surface area contributed by atoms with Gasteiger partial charge >= 0.3 is 0 Å². The van der Waals surface area contributed by atoms with Crippen LogP contribution >= 0.6 is 27.7 Å². The van der Waals surface area contributed by atoms with Gasteiger partial charge in [-0.2, -0.15) is 11.8 Å². The number of hydrogen-bond donors (Lipinski definition) is 1. The minimum atomic E-state index is -0.170. The Labute approximate surface area is 127 Å². The molecule has 1 heterocycles. The van der Waals surface area contributed by atoms with E-state index < -0.39 is 0 Å². The predicted octanol–water partition coefficient (Wildman–Crippen LogP) is 3.41.